The first-order valence-electron chi connectivity index (χ1n) is 6.75. The van der Waals surface area contributed by atoms with Crippen LogP contribution in [0.5, 0.6) is 0 Å². The van der Waals surface area contributed by atoms with Gasteiger partial charge in [-0.3, -0.25) is 4.79 Å². The van der Waals surface area contributed by atoms with Crippen LogP contribution in [0.15, 0.2) is 29.1 Å². The molecule has 0 spiro atoms. The molecule has 0 atom stereocenters. The van der Waals surface area contributed by atoms with Crippen LogP contribution in [0, 0.1) is 13.8 Å². The zero-order valence-corrected chi connectivity index (χ0v) is 13.3. The number of thiophene rings is 1. The Kier molecular flexibility index (Phi) is 3.29. The maximum Gasteiger partial charge on any atom is 0.260 e. The first-order valence-corrected chi connectivity index (χ1v) is 7.57. The van der Waals surface area contributed by atoms with Crippen molar-refractivity contribution in [1.29, 1.82) is 0 Å². The number of aryl methyl sites for hydroxylation is 2. The average molecular weight is 299 g/mol. The number of rotatable bonds is 2. The molecule has 1 aromatic carbocycles. The predicted octanol–water partition coefficient (Wildman–Crippen LogP) is 3.33. The Morgan fingerprint density at radius 2 is 1.81 bits per heavy atom. The number of nitrogens with one attached hydrogen (secondary N) is 1. The van der Waals surface area contributed by atoms with Gasteiger partial charge in [0, 0.05) is 30.2 Å². The van der Waals surface area contributed by atoms with Crippen LogP contribution in [0.1, 0.15) is 10.4 Å². The molecule has 0 unspecified atom stereocenters. The fourth-order valence-electron chi connectivity index (χ4n) is 2.31. The standard InChI is InChI=1S/C16H17N3OS/c1-9-10(2)21-16-13(9)15(20)17-14(18-16)11-5-7-12(8-6-11)19(3)4/h5-8H,1-4H3,(H,17,18,20). The van der Waals surface area contributed by atoms with E-state index in [2.05, 4.69) is 9.97 Å². The number of anilines is 1. The van der Waals surface area contributed by atoms with E-state index < -0.39 is 0 Å². The number of hydrogen-bond acceptors (Lipinski definition) is 4. The number of hydrogen-bond donors (Lipinski definition) is 1. The molecule has 5 heteroatoms. The molecule has 0 aliphatic heterocycles. The van der Waals surface area contributed by atoms with Crippen LogP contribution in [0.25, 0.3) is 21.6 Å². The van der Waals surface area contributed by atoms with Crippen LogP contribution < -0.4 is 10.5 Å². The summed E-state index contributed by atoms with van der Waals surface area (Å²) in [4.78, 5) is 23.8. The molecule has 0 amide bonds. The molecular weight excluding hydrogens is 282 g/mol. The molecule has 0 radical (unpaired) electrons. The van der Waals surface area contributed by atoms with Crippen molar-refractivity contribution in [2.75, 3.05) is 19.0 Å². The minimum atomic E-state index is -0.0615. The molecule has 0 bridgehead atoms. The Labute approximate surface area is 127 Å². The summed E-state index contributed by atoms with van der Waals surface area (Å²) >= 11 is 1.57. The Bertz CT molecular complexity index is 860. The second kappa shape index (κ2) is 5.00. The van der Waals surface area contributed by atoms with E-state index in [1.807, 2.05) is 57.1 Å². The van der Waals surface area contributed by atoms with Crippen LogP contribution in [-0.2, 0) is 0 Å². The van der Waals surface area contributed by atoms with Gasteiger partial charge in [0.25, 0.3) is 5.56 Å². The van der Waals surface area contributed by atoms with Crippen LogP contribution in [0.3, 0.4) is 0 Å². The maximum absolute atomic E-state index is 12.3. The number of benzene rings is 1. The zero-order valence-electron chi connectivity index (χ0n) is 12.5. The summed E-state index contributed by atoms with van der Waals surface area (Å²) in [6, 6.07) is 7.99. The van der Waals surface area contributed by atoms with Gasteiger partial charge in [0.15, 0.2) is 0 Å². The van der Waals surface area contributed by atoms with Crippen molar-refractivity contribution >= 4 is 27.2 Å². The lowest BCUT2D eigenvalue weighted by Crippen LogP contribution is -2.10. The van der Waals surface area contributed by atoms with Crippen molar-refractivity contribution in [3.05, 3.63) is 45.1 Å². The molecule has 0 aliphatic rings. The predicted molar refractivity (Wildman–Crippen MR) is 89.5 cm³/mol. The Morgan fingerprint density at radius 1 is 1.14 bits per heavy atom. The molecular formula is C16H17N3OS. The molecule has 0 saturated carbocycles. The summed E-state index contributed by atoms with van der Waals surface area (Å²) in [5.41, 5.74) is 3.00. The molecule has 1 N–H and O–H groups in total. The number of nitrogens with zero attached hydrogens (tertiary/aromatic N) is 2. The summed E-state index contributed by atoms with van der Waals surface area (Å²) in [7, 11) is 4.00. The fourth-order valence-corrected chi connectivity index (χ4v) is 3.34. The molecule has 21 heavy (non-hydrogen) atoms. The minimum Gasteiger partial charge on any atom is -0.378 e. The number of aromatic amines is 1. The second-order valence-electron chi connectivity index (χ2n) is 5.32. The molecule has 3 rings (SSSR count). The van der Waals surface area contributed by atoms with E-state index in [9.17, 15) is 4.79 Å². The molecule has 2 aromatic heterocycles. The van der Waals surface area contributed by atoms with Crippen molar-refractivity contribution in [2.45, 2.75) is 13.8 Å². The number of H-pyrrole nitrogens is 1. The highest BCUT2D eigenvalue weighted by molar-refractivity contribution is 7.18. The summed E-state index contributed by atoms with van der Waals surface area (Å²) < 4.78 is 0. The van der Waals surface area contributed by atoms with E-state index in [1.54, 1.807) is 11.3 Å². The number of fused-ring (bicyclic) bond motifs is 1. The van der Waals surface area contributed by atoms with E-state index in [0.717, 1.165) is 26.5 Å². The highest BCUT2D eigenvalue weighted by Crippen LogP contribution is 2.27. The Hall–Kier alpha value is -2.14. The lowest BCUT2D eigenvalue weighted by atomic mass is 10.1. The monoisotopic (exact) mass is 299 g/mol. The van der Waals surface area contributed by atoms with Gasteiger partial charge in [-0.15, -0.1) is 11.3 Å². The van der Waals surface area contributed by atoms with Crippen LogP contribution in [-0.4, -0.2) is 24.1 Å². The second-order valence-corrected chi connectivity index (χ2v) is 6.52. The summed E-state index contributed by atoms with van der Waals surface area (Å²) in [5.74, 6) is 0.624. The summed E-state index contributed by atoms with van der Waals surface area (Å²) in [6.45, 7) is 3.99. The van der Waals surface area contributed by atoms with Crippen LogP contribution >= 0.6 is 11.3 Å². The molecule has 0 aliphatic carbocycles. The van der Waals surface area contributed by atoms with Gasteiger partial charge in [-0.1, -0.05) is 0 Å². The SMILES string of the molecule is Cc1sc2nc(-c3ccc(N(C)C)cc3)[nH]c(=O)c2c1C. The minimum absolute atomic E-state index is 0.0615. The normalized spacial score (nSPS) is 11.0. The average Bonchev–Trinajstić information content (AvgIpc) is 2.74. The first-order chi connectivity index (χ1) is 9.97. The van der Waals surface area contributed by atoms with Gasteiger partial charge in [-0.05, 0) is 43.7 Å². The third-order valence-corrected chi connectivity index (χ3v) is 4.80. The Balaban J connectivity index is 2.15. The van der Waals surface area contributed by atoms with E-state index in [1.165, 1.54) is 0 Å². The lowest BCUT2D eigenvalue weighted by Gasteiger charge is -2.12. The van der Waals surface area contributed by atoms with Gasteiger partial charge in [-0.2, -0.15) is 0 Å². The van der Waals surface area contributed by atoms with E-state index in [4.69, 9.17) is 0 Å². The molecule has 4 nitrogen and oxygen atoms in total. The van der Waals surface area contributed by atoms with E-state index in [-0.39, 0.29) is 5.56 Å². The lowest BCUT2D eigenvalue weighted by molar-refractivity contribution is 1.13. The highest BCUT2D eigenvalue weighted by atomic mass is 32.1. The zero-order chi connectivity index (χ0) is 15.1. The van der Waals surface area contributed by atoms with Crippen molar-refractivity contribution in [1.82, 2.24) is 9.97 Å². The van der Waals surface area contributed by atoms with Crippen molar-refractivity contribution in [3.63, 3.8) is 0 Å². The smallest absolute Gasteiger partial charge is 0.260 e. The molecule has 108 valence electrons. The molecule has 0 saturated heterocycles. The van der Waals surface area contributed by atoms with E-state index in [0.29, 0.717) is 11.2 Å². The third kappa shape index (κ3) is 2.34. The fraction of sp³-hybridized carbons (Fsp3) is 0.250. The summed E-state index contributed by atoms with van der Waals surface area (Å²) in [5, 5.41) is 0.714. The van der Waals surface area contributed by atoms with Crippen molar-refractivity contribution < 1.29 is 0 Å². The van der Waals surface area contributed by atoms with Gasteiger partial charge in [-0.25, -0.2) is 4.98 Å². The molecule has 0 fully saturated rings. The van der Waals surface area contributed by atoms with Crippen molar-refractivity contribution in [2.24, 2.45) is 0 Å². The van der Waals surface area contributed by atoms with Crippen molar-refractivity contribution in [3.8, 4) is 11.4 Å². The van der Waals surface area contributed by atoms with Gasteiger partial charge in [0.2, 0.25) is 0 Å². The van der Waals surface area contributed by atoms with E-state index >= 15 is 0 Å². The highest BCUT2D eigenvalue weighted by Gasteiger charge is 2.12. The topological polar surface area (TPSA) is 49.0 Å². The van der Waals surface area contributed by atoms with Crippen LogP contribution in [0.4, 0.5) is 5.69 Å². The first kappa shape index (κ1) is 13.8. The summed E-state index contributed by atoms with van der Waals surface area (Å²) in [6.07, 6.45) is 0. The largest absolute Gasteiger partial charge is 0.378 e. The van der Waals surface area contributed by atoms with Gasteiger partial charge >= 0.3 is 0 Å². The molecule has 2 heterocycles. The van der Waals surface area contributed by atoms with Gasteiger partial charge in [0.1, 0.15) is 10.7 Å². The van der Waals surface area contributed by atoms with Gasteiger partial charge in [0.05, 0.1) is 5.39 Å². The quantitative estimate of drug-likeness (QED) is 0.789. The van der Waals surface area contributed by atoms with Crippen LogP contribution in [0.2, 0.25) is 0 Å². The Morgan fingerprint density at radius 3 is 2.43 bits per heavy atom. The number of aromatic nitrogens is 2. The third-order valence-electron chi connectivity index (χ3n) is 3.70. The van der Waals surface area contributed by atoms with Gasteiger partial charge < -0.3 is 9.88 Å². The maximum atomic E-state index is 12.3. The molecule has 3 aromatic rings.